The highest BCUT2D eigenvalue weighted by molar-refractivity contribution is 6.30. The second kappa shape index (κ2) is 13.8. The van der Waals surface area contributed by atoms with Crippen LogP contribution in [0.5, 0.6) is 0 Å². The van der Waals surface area contributed by atoms with Crippen molar-refractivity contribution in [3.63, 3.8) is 0 Å². The lowest BCUT2D eigenvalue weighted by molar-refractivity contribution is -0.169. The molecule has 1 rings (SSSR count). The first-order chi connectivity index (χ1) is 13.8. The first kappa shape index (κ1) is 24.8. The van der Waals surface area contributed by atoms with Crippen LogP contribution in [0, 0.1) is 0 Å². The lowest BCUT2D eigenvalue weighted by atomic mass is 10.0. The van der Waals surface area contributed by atoms with Crippen LogP contribution in [0.25, 0.3) is 0 Å². The lowest BCUT2D eigenvalue weighted by Gasteiger charge is -2.22. The molecule has 2 unspecified atom stereocenters. The van der Waals surface area contributed by atoms with Crippen LogP contribution in [0.4, 0.5) is 4.79 Å². The van der Waals surface area contributed by atoms with Crippen molar-refractivity contribution in [2.24, 2.45) is 0 Å². The van der Waals surface area contributed by atoms with Gasteiger partial charge in [-0.2, -0.15) is 0 Å². The molecule has 0 radical (unpaired) electrons. The molecule has 0 bridgehead atoms. The minimum Gasteiger partial charge on any atom is -0.481 e. The van der Waals surface area contributed by atoms with Crippen LogP contribution < -0.4 is 5.32 Å². The van der Waals surface area contributed by atoms with Gasteiger partial charge in [-0.1, -0.05) is 50.4 Å². The molecule has 2 N–H and O–H groups in total. The van der Waals surface area contributed by atoms with Gasteiger partial charge in [0.15, 0.2) is 0 Å². The molecular formula is C21H30ClNO6. The number of aliphatic carboxylic acids is 1. The maximum Gasteiger partial charge on any atom is 0.410 e. The highest BCUT2D eigenvalue weighted by atomic mass is 35.5. The van der Waals surface area contributed by atoms with Gasteiger partial charge in [0.1, 0.15) is 0 Å². The number of ether oxygens (including phenoxy) is 2. The summed E-state index contributed by atoms with van der Waals surface area (Å²) in [7, 11) is 0. The number of hydrogen-bond acceptors (Lipinski definition) is 5. The van der Waals surface area contributed by atoms with Crippen LogP contribution in [0.2, 0.25) is 5.02 Å². The minimum atomic E-state index is -0.973. The van der Waals surface area contributed by atoms with Gasteiger partial charge in [0.2, 0.25) is 6.29 Å². The fourth-order valence-corrected chi connectivity index (χ4v) is 2.81. The van der Waals surface area contributed by atoms with E-state index in [0.29, 0.717) is 23.4 Å². The number of benzene rings is 1. The summed E-state index contributed by atoms with van der Waals surface area (Å²) in [6.07, 6.45) is 2.30. The molecule has 7 nitrogen and oxygen atoms in total. The molecule has 1 amide bonds. The van der Waals surface area contributed by atoms with Crippen LogP contribution in [0.3, 0.4) is 0 Å². The predicted molar refractivity (Wildman–Crippen MR) is 110 cm³/mol. The van der Waals surface area contributed by atoms with Gasteiger partial charge in [-0.3, -0.25) is 9.59 Å². The first-order valence-electron chi connectivity index (χ1n) is 9.99. The smallest absolute Gasteiger partial charge is 0.410 e. The summed E-state index contributed by atoms with van der Waals surface area (Å²) in [5.74, 6) is -1.37. The Bertz CT molecular complexity index is 649. The zero-order valence-corrected chi connectivity index (χ0v) is 17.7. The fourth-order valence-electron chi connectivity index (χ4n) is 2.68. The molecule has 0 aliphatic heterocycles. The molecule has 0 saturated carbocycles. The van der Waals surface area contributed by atoms with Gasteiger partial charge in [-0.05, 0) is 37.0 Å². The van der Waals surface area contributed by atoms with Gasteiger partial charge in [-0.25, -0.2) is 4.79 Å². The van der Waals surface area contributed by atoms with Gasteiger partial charge < -0.3 is 19.9 Å². The van der Waals surface area contributed by atoms with E-state index in [9.17, 15) is 14.4 Å². The van der Waals surface area contributed by atoms with Crippen LogP contribution in [0.1, 0.15) is 76.8 Å². The van der Waals surface area contributed by atoms with Gasteiger partial charge in [0.05, 0.1) is 6.04 Å². The summed E-state index contributed by atoms with van der Waals surface area (Å²) in [6.45, 7) is 3.93. The number of amides is 1. The second-order valence-corrected chi connectivity index (χ2v) is 7.19. The maximum atomic E-state index is 12.4. The number of carbonyl (C=O) groups is 3. The lowest BCUT2D eigenvalue weighted by Crippen LogP contribution is -2.34. The second-order valence-electron chi connectivity index (χ2n) is 6.75. The predicted octanol–water partition coefficient (Wildman–Crippen LogP) is 5.22. The van der Waals surface area contributed by atoms with E-state index in [-0.39, 0.29) is 19.3 Å². The quantitative estimate of drug-likeness (QED) is 0.254. The average Bonchev–Trinajstić information content (AvgIpc) is 2.66. The van der Waals surface area contributed by atoms with E-state index in [2.05, 4.69) is 5.32 Å². The number of carbonyl (C=O) groups excluding carboxylic acids is 2. The van der Waals surface area contributed by atoms with E-state index in [1.165, 1.54) is 0 Å². The van der Waals surface area contributed by atoms with Crippen LogP contribution in [-0.4, -0.2) is 29.4 Å². The van der Waals surface area contributed by atoms with Crippen molar-refractivity contribution in [1.82, 2.24) is 5.32 Å². The molecule has 0 spiro atoms. The van der Waals surface area contributed by atoms with Crippen molar-refractivity contribution in [2.75, 3.05) is 0 Å². The molecule has 2 atom stereocenters. The van der Waals surface area contributed by atoms with E-state index in [1.807, 2.05) is 13.8 Å². The third-order valence-electron chi connectivity index (χ3n) is 4.22. The van der Waals surface area contributed by atoms with Crippen molar-refractivity contribution in [3.8, 4) is 0 Å². The summed E-state index contributed by atoms with van der Waals surface area (Å²) in [6, 6.07) is 6.18. The largest absolute Gasteiger partial charge is 0.481 e. The number of carboxylic acid groups (broad SMARTS) is 1. The van der Waals surface area contributed by atoms with E-state index in [4.69, 9.17) is 26.2 Å². The first-order valence-corrected chi connectivity index (χ1v) is 10.4. The zero-order chi connectivity index (χ0) is 21.6. The van der Waals surface area contributed by atoms with Crippen molar-refractivity contribution >= 4 is 29.6 Å². The Labute approximate surface area is 176 Å². The molecule has 0 aliphatic rings. The molecular weight excluding hydrogens is 398 g/mol. The Balaban J connectivity index is 2.70. The topological polar surface area (TPSA) is 102 Å². The SMILES string of the molecule is CCCCCC(=O)OC(CCC)OC(=O)NC(CCC(=O)O)c1ccc(Cl)cc1. The fraction of sp³-hybridized carbons (Fsp3) is 0.571. The number of nitrogens with one attached hydrogen (secondary N) is 1. The van der Waals surface area contributed by atoms with Gasteiger partial charge in [-0.15, -0.1) is 0 Å². The van der Waals surface area contributed by atoms with Crippen LogP contribution >= 0.6 is 11.6 Å². The van der Waals surface area contributed by atoms with Crippen LogP contribution in [-0.2, 0) is 19.1 Å². The Hall–Kier alpha value is -2.28. The molecule has 0 aromatic heterocycles. The molecule has 1 aromatic carbocycles. The summed E-state index contributed by atoms with van der Waals surface area (Å²) < 4.78 is 10.6. The van der Waals surface area contributed by atoms with E-state index in [1.54, 1.807) is 24.3 Å². The standard InChI is InChI=1S/C21H30ClNO6/c1-3-5-6-8-19(26)28-20(7-4-2)29-21(27)23-17(13-14-18(24)25)15-9-11-16(22)12-10-15/h9-12,17,20H,3-8,13-14H2,1-2H3,(H,23,27)(H,24,25). The van der Waals surface area contributed by atoms with E-state index >= 15 is 0 Å². The number of hydrogen-bond donors (Lipinski definition) is 2. The normalized spacial score (nSPS) is 12.7. The summed E-state index contributed by atoms with van der Waals surface area (Å²) in [5, 5.41) is 12.2. The molecule has 0 fully saturated rings. The average molecular weight is 428 g/mol. The number of rotatable bonds is 13. The molecule has 162 valence electrons. The summed E-state index contributed by atoms with van der Waals surface area (Å²) in [4.78, 5) is 35.2. The van der Waals surface area contributed by atoms with Crippen LogP contribution in [0.15, 0.2) is 24.3 Å². The van der Waals surface area contributed by atoms with E-state index < -0.39 is 30.4 Å². The highest BCUT2D eigenvalue weighted by Gasteiger charge is 2.22. The molecule has 0 heterocycles. The minimum absolute atomic E-state index is 0.127. The summed E-state index contributed by atoms with van der Waals surface area (Å²) >= 11 is 5.89. The molecule has 0 saturated heterocycles. The molecule has 1 aromatic rings. The van der Waals surface area contributed by atoms with Gasteiger partial charge in [0.25, 0.3) is 0 Å². The third kappa shape index (κ3) is 10.7. The molecule has 29 heavy (non-hydrogen) atoms. The number of esters is 1. The Morgan fingerprint density at radius 1 is 1.00 bits per heavy atom. The van der Waals surface area contributed by atoms with Gasteiger partial charge in [0, 0.05) is 24.3 Å². The monoisotopic (exact) mass is 427 g/mol. The third-order valence-corrected chi connectivity index (χ3v) is 4.47. The Kier molecular flexibility index (Phi) is 11.8. The Morgan fingerprint density at radius 3 is 2.28 bits per heavy atom. The maximum absolute atomic E-state index is 12.4. The zero-order valence-electron chi connectivity index (χ0n) is 17.0. The van der Waals surface area contributed by atoms with E-state index in [0.717, 1.165) is 19.3 Å². The number of unbranched alkanes of at least 4 members (excludes halogenated alkanes) is 2. The van der Waals surface area contributed by atoms with Crippen molar-refractivity contribution in [3.05, 3.63) is 34.9 Å². The molecule has 0 aliphatic carbocycles. The Morgan fingerprint density at radius 2 is 1.69 bits per heavy atom. The summed E-state index contributed by atoms with van der Waals surface area (Å²) in [5.41, 5.74) is 0.705. The highest BCUT2D eigenvalue weighted by Crippen LogP contribution is 2.21. The molecule has 8 heteroatoms. The number of alkyl carbamates (subject to hydrolysis) is 1. The van der Waals surface area contributed by atoms with Crippen molar-refractivity contribution in [1.29, 1.82) is 0 Å². The van der Waals surface area contributed by atoms with Crippen molar-refractivity contribution < 1.29 is 29.0 Å². The van der Waals surface area contributed by atoms with Gasteiger partial charge >= 0.3 is 18.0 Å². The van der Waals surface area contributed by atoms with Crippen molar-refractivity contribution in [2.45, 2.75) is 77.5 Å². The number of carboxylic acids is 1. The number of halogens is 1.